The van der Waals surface area contributed by atoms with Crippen LogP contribution in [0.1, 0.15) is 45.9 Å². The highest BCUT2D eigenvalue weighted by Crippen LogP contribution is 2.50. The van der Waals surface area contributed by atoms with Crippen molar-refractivity contribution in [2.45, 2.75) is 58.7 Å². The van der Waals surface area contributed by atoms with Gasteiger partial charge in [0, 0.05) is 19.3 Å². The van der Waals surface area contributed by atoms with Crippen LogP contribution in [0.5, 0.6) is 0 Å². The van der Waals surface area contributed by atoms with E-state index in [-0.39, 0.29) is 5.54 Å². The highest BCUT2D eigenvalue weighted by molar-refractivity contribution is 4.95. The van der Waals surface area contributed by atoms with Crippen molar-refractivity contribution in [3.63, 3.8) is 0 Å². The number of ether oxygens (including phenoxy) is 1. The van der Waals surface area contributed by atoms with Gasteiger partial charge in [0.1, 0.15) is 0 Å². The fourth-order valence-corrected chi connectivity index (χ4v) is 2.12. The van der Waals surface area contributed by atoms with Crippen LogP contribution in [-0.4, -0.2) is 39.5 Å². The Morgan fingerprint density at radius 1 is 1.37 bits per heavy atom. The van der Waals surface area contributed by atoms with Gasteiger partial charge in [0.2, 0.25) is 0 Å². The van der Waals surface area contributed by atoms with E-state index < -0.39 is 0 Å². The molecule has 1 aromatic rings. The van der Waals surface area contributed by atoms with Crippen LogP contribution in [0.25, 0.3) is 0 Å². The summed E-state index contributed by atoms with van der Waals surface area (Å²) in [6.07, 6.45) is 3.60. The van der Waals surface area contributed by atoms with Crippen molar-refractivity contribution in [2.75, 3.05) is 13.7 Å². The molecule has 1 N–H and O–H groups in total. The Morgan fingerprint density at radius 2 is 2.11 bits per heavy atom. The van der Waals surface area contributed by atoms with Crippen LogP contribution in [0.15, 0.2) is 0 Å². The molecule has 2 rings (SSSR count). The van der Waals surface area contributed by atoms with Gasteiger partial charge in [0.05, 0.1) is 13.1 Å². The van der Waals surface area contributed by atoms with Crippen molar-refractivity contribution in [2.24, 2.45) is 5.41 Å². The quantitative estimate of drug-likeness (QED) is 0.808. The summed E-state index contributed by atoms with van der Waals surface area (Å²) >= 11 is 0. The summed E-state index contributed by atoms with van der Waals surface area (Å²) in [5, 5.41) is 15.5. The van der Waals surface area contributed by atoms with Crippen LogP contribution in [-0.2, 0) is 17.8 Å². The first-order valence-electron chi connectivity index (χ1n) is 6.93. The molecule has 0 bridgehead atoms. The number of hydrogen-bond acceptors (Lipinski definition) is 5. The SMILES string of the molecule is COCCC1(Cn2nnnc2CNC(C)(C)C)CC1. The van der Waals surface area contributed by atoms with Crippen molar-refractivity contribution in [3.8, 4) is 0 Å². The molecule has 6 nitrogen and oxygen atoms in total. The summed E-state index contributed by atoms with van der Waals surface area (Å²) in [6, 6.07) is 0. The Hall–Kier alpha value is -1.01. The third-order valence-electron chi connectivity index (χ3n) is 3.66. The van der Waals surface area contributed by atoms with Gasteiger partial charge in [-0.05, 0) is 55.9 Å². The van der Waals surface area contributed by atoms with Crippen LogP contribution >= 0.6 is 0 Å². The van der Waals surface area contributed by atoms with Crippen LogP contribution < -0.4 is 5.32 Å². The average Bonchev–Trinajstić information content (AvgIpc) is 2.94. The van der Waals surface area contributed by atoms with Gasteiger partial charge in [0.25, 0.3) is 0 Å². The first-order chi connectivity index (χ1) is 8.94. The third-order valence-corrected chi connectivity index (χ3v) is 3.66. The molecule has 1 aliphatic rings. The number of hydrogen-bond donors (Lipinski definition) is 1. The lowest BCUT2D eigenvalue weighted by molar-refractivity contribution is 0.164. The minimum absolute atomic E-state index is 0.0735. The van der Waals surface area contributed by atoms with E-state index in [1.165, 1.54) is 12.8 Å². The van der Waals surface area contributed by atoms with Gasteiger partial charge in [-0.3, -0.25) is 0 Å². The van der Waals surface area contributed by atoms with Gasteiger partial charge in [-0.2, -0.15) is 0 Å². The Morgan fingerprint density at radius 3 is 2.68 bits per heavy atom. The second-order valence-electron chi connectivity index (χ2n) is 6.60. The highest BCUT2D eigenvalue weighted by Gasteiger charge is 2.43. The summed E-state index contributed by atoms with van der Waals surface area (Å²) in [4.78, 5) is 0. The molecular weight excluding hydrogens is 242 g/mol. The zero-order valence-electron chi connectivity index (χ0n) is 12.4. The molecule has 19 heavy (non-hydrogen) atoms. The molecule has 1 heterocycles. The van der Waals surface area contributed by atoms with Crippen molar-refractivity contribution < 1.29 is 4.74 Å². The Balaban J connectivity index is 1.92. The van der Waals surface area contributed by atoms with Gasteiger partial charge in [-0.25, -0.2) is 4.68 Å². The van der Waals surface area contributed by atoms with Crippen LogP contribution in [0, 0.1) is 5.41 Å². The number of nitrogens with zero attached hydrogens (tertiary/aromatic N) is 4. The Kier molecular flexibility index (Phi) is 4.20. The summed E-state index contributed by atoms with van der Waals surface area (Å²) in [5.41, 5.74) is 0.436. The predicted octanol–water partition coefficient (Wildman–Crippen LogP) is 1.38. The van der Waals surface area contributed by atoms with Crippen LogP contribution in [0.3, 0.4) is 0 Å². The van der Waals surface area contributed by atoms with Crippen LogP contribution in [0.4, 0.5) is 0 Å². The van der Waals surface area contributed by atoms with E-state index in [1.54, 1.807) is 7.11 Å². The molecule has 1 fully saturated rings. The molecule has 108 valence electrons. The second kappa shape index (κ2) is 5.54. The fourth-order valence-electron chi connectivity index (χ4n) is 2.12. The van der Waals surface area contributed by atoms with Crippen molar-refractivity contribution in [1.82, 2.24) is 25.5 Å². The number of methoxy groups -OCH3 is 1. The van der Waals surface area contributed by atoms with Crippen molar-refractivity contribution >= 4 is 0 Å². The topological polar surface area (TPSA) is 64.9 Å². The predicted molar refractivity (Wildman–Crippen MR) is 72.6 cm³/mol. The molecule has 0 amide bonds. The van der Waals surface area contributed by atoms with Gasteiger partial charge >= 0.3 is 0 Å². The lowest BCUT2D eigenvalue weighted by atomic mass is 10.0. The fraction of sp³-hybridized carbons (Fsp3) is 0.923. The summed E-state index contributed by atoms with van der Waals surface area (Å²) in [7, 11) is 1.76. The Bertz CT molecular complexity index is 405. The maximum absolute atomic E-state index is 5.19. The molecule has 6 heteroatoms. The van der Waals surface area contributed by atoms with E-state index >= 15 is 0 Å². The first-order valence-corrected chi connectivity index (χ1v) is 6.93. The number of nitrogens with one attached hydrogen (secondary N) is 1. The smallest absolute Gasteiger partial charge is 0.165 e. The minimum Gasteiger partial charge on any atom is -0.385 e. The number of aromatic nitrogens is 4. The normalized spacial score (nSPS) is 17.7. The Labute approximate surface area is 114 Å². The summed E-state index contributed by atoms with van der Waals surface area (Å²) in [6.45, 7) is 8.85. The largest absolute Gasteiger partial charge is 0.385 e. The molecular formula is C13H25N5O. The molecule has 1 aliphatic carbocycles. The van der Waals surface area contributed by atoms with E-state index in [4.69, 9.17) is 4.74 Å². The number of tetrazole rings is 1. The average molecular weight is 267 g/mol. The number of rotatable bonds is 7. The molecule has 0 aromatic carbocycles. The monoisotopic (exact) mass is 267 g/mol. The van der Waals surface area contributed by atoms with E-state index in [1.807, 2.05) is 4.68 Å². The molecule has 0 saturated heterocycles. The summed E-state index contributed by atoms with van der Waals surface area (Å²) < 4.78 is 7.13. The maximum atomic E-state index is 5.19. The van der Waals surface area contributed by atoms with E-state index in [0.29, 0.717) is 12.0 Å². The standard InChI is InChI=1S/C13H25N5O/c1-12(2,3)14-9-11-15-16-17-18(11)10-13(5-6-13)7-8-19-4/h14H,5-10H2,1-4H3. The molecule has 0 radical (unpaired) electrons. The van der Waals surface area contributed by atoms with Gasteiger partial charge < -0.3 is 10.1 Å². The molecule has 1 saturated carbocycles. The van der Waals surface area contributed by atoms with E-state index in [0.717, 1.165) is 25.4 Å². The maximum Gasteiger partial charge on any atom is 0.165 e. The van der Waals surface area contributed by atoms with Gasteiger partial charge in [-0.15, -0.1) is 5.10 Å². The van der Waals surface area contributed by atoms with E-state index in [9.17, 15) is 0 Å². The molecule has 1 aromatic heterocycles. The third kappa shape index (κ3) is 4.24. The molecule has 0 aliphatic heterocycles. The van der Waals surface area contributed by atoms with E-state index in [2.05, 4.69) is 41.6 Å². The van der Waals surface area contributed by atoms with Crippen molar-refractivity contribution in [3.05, 3.63) is 5.82 Å². The van der Waals surface area contributed by atoms with Gasteiger partial charge in [0.15, 0.2) is 5.82 Å². The lowest BCUT2D eigenvalue weighted by Crippen LogP contribution is -2.36. The minimum atomic E-state index is 0.0735. The highest BCUT2D eigenvalue weighted by atomic mass is 16.5. The first kappa shape index (κ1) is 14.4. The van der Waals surface area contributed by atoms with Crippen LogP contribution in [0.2, 0.25) is 0 Å². The molecule has 0 spiro atoms. The lowest BCUT2D eigenvalue weighted by Gasteiger charge is -2.20. The second-order valence-corrected chi connectivity index (χ2v) is 6.60. The van der Waals surface area contributed by atoms with Gasteiger partial charge in [-0.1, -0.05) is 0 Å². The zero-order chi connectivity index (χ0) is 13.9. The zero-order valence-corrected chi connectivity index (χ0v) is 12.4. The molecule has 0 unspecified atom stereocenters. The molecule has 0 atom stereocenters. The summed E-state index contributed by atoms with van der Waals surface area (Å²) in [5.74, 6) is 0.915. The van der Waals surface area contributed by atoms with Crippen molar-refractivity contribution in [1.29, 1.82) is 0 Å².